The van der Waals surface area contributed by atoms with Gasteiger partial charge in [-0.15, -0.1) is 0 Å². The molecule has 2 aromatic carbocycles. The molecule has 0 amide bonds. The molecule has 0 radical (unpaired) electrons. The molecular formula is C20H16ClNO4. The van der Waals surface area contributed by atoms with Gasteiger partial charge in [0, 0.05) is 40.3 Å². The Morgan fingerprint density at radius 1 is 1.12 bits per heavy atom. The zero-order chi connectivity index (χ0) is 18.8. The number of rotatable bonds is 5. The van der Waals surface area contributed by atoms with Gasteiger partial charge in [0.25, 0.3) is 0 Å². The van der Waals surface area contributed by atoms with Crippen molar-refractivity contribution in [3.8, 4) is 0 Å². The molecule has 5 nitrogen and oxygen atoms in total. The summed E-state index contributed by atoms with van der Waals surface area (Å²) < 4.78 is 1.92. The molecule has 0 spiro atoms. The molecule has 0 atom stereocenters. The second kappa shape index (κ2) is 7.06. The molecule has 0 aliphatic heterocycles. The Bertz CT molecular complexity index is 1030. The van der Waals surface area contributed by atoms with E-state index in [1.165, 1.54) is 13.0 Å². The fourth-order valence-corrected chi connectivity index (χ4v) is 3.00. The molecular weight excluding hydrogens is 354 g/mol. The van der Waals surface area contributed by atoms with E-state index in [0.717, 1.165) is 16.5 Å². The summed E-state index contributed by atoms with van der Waals surface area (Å²) in [7, 11) is 0. The van der Waals surface area contributed by atoms with E-state index in [1.807, 2.05) is 10.6 Å². The Hall–Kier alpha value is -3.05. The molecule has 2 N–H and O–H groups in total. The number of halogens is 1. The normalized spacial score (nSPS) is 11.7. The van der Waals surface area contributed by atoms with Gasteiger partial charge in [0.15, 0.2) is 5.78 Å². The van der Waals surface area contributed by atoms with E-state index >= 15 is 0 Å². The number of aromatic nitrogens is 1. The average Bonchev–Trinajstić information content (AvgIpc) is 2.92. The summed E-state index contributed by atoms with van der Waals surface area (Å²) in [4.78, 5) is 22.3. The van der Waals surface area contributed by atoms with Crippen molar-refractivity contribution in [3.63, 3.8) is 0 Å². The second-order valence-corrected chi connectivity index (χ2v) is 6.41. The zero-order valence-electron chi connectivity index (χ0n) is 13.9. The first-order valence-electron chi connectivity index (χ1n) is 7.87. The van der Waals surface area contributed by atoms with Gasteiger partial charge in [-0.2, -0.15) is 0 Å². The average molecular weight is 370 g/mol. The summed E-state index contributed by atoms with van der Waals surface area (Å²) >= 11 is 6.08. The molecule has 3 aromatic rings. The maximum atomic E-state index is 11.3. The highest BCUT2D eigenvalue weighted by atomic mass is 35.5. The Kier molecular flexibility index (Phi) is 4.82. The van der Waals surface area contributed by atoms with Crippen LogP contribution in [0.15, 0.2) is 54.7 Å². The first kappa shape index (κ1) is 17.8. The highest BCUT2D eigenvalue weighted by Gasteiger charge is 2.13. The number of carboxylic acids is 1. The lowest BCUT2D eigenvalue weighted by atomic mass is 10.1. The molecule has 6 heteroatoms. The summed E-state index contributed by atoms with van der Waals surface area (Å²) in [6, 6.07) is 11.9. The minimum Gasteiger partial charge on any atom is -0.507 e. The highest BCUT2D eigenvalue weighted by Crippen LogP contribution is 2.29. The van der Waals surface area contributed by atoms with E-state index in [4.69, 9.17) is 16.7 Å². The number of hydrogen-bond acceptors (Lipinski definition) is 3. The van der Waals surface area contributed by atoms with Gasteiger partial charge in [-0.1, -0.05) is 23.7 Å². The predicted octanol–water partition coefficient (Wildman–Crippen LogP) is 4.53. The smallest absolute Gasteiger partial charge is 0.335 e. The number of benzene rings is 2. The number of carbonyl (C=O) groups excluding carboxylic acids is 1. The number of carboxylic acid groups (broad SMARTS) is 1. The number of allylic oxidation sites excluding steroid dienone is 1. The Morgan fingerprint density at radius 2 is 1.81 bits per heavy atom. The van der Waals surface area contributed by atoms with E-state index in [9.17, 15) is 14.7 Å². The van der Waals surface area contributed by atoms with Crippen LogP contribution in [0.25, 0.3) is 16.7 Å². The van der Waals surface area contributed by atoms with Crippen molar-refractivity contribution in [3.05, 3.63) is 76.5 Å². The number of aliphatic hydroxyl groups is 1. The minimum absolute atomic E-state index is 0.121. The number of aromatic carboxylic acids is 1. The van der Waals surface area contributed by atoms with Gasteiger partial charge in [-0.05, 0) is 42.8 Å². The van der Waals surface area contributed by atoms with Crippen LogP contribution >= 0.6 is 11.6 Å². The van der Waals surface area contributed by atoms with Crippen molar-refractivity contribution in [1.82, 2.24) is 4.57 Å². The van der Waals surface area contributed by atoms with Gasteiger partial charge in [-0.3, -0.25) is 4.79 Å². The van der Waals surface area contributed by atoms with Gasteiger partial charge in [0.2, 0.25) is 0 Å². The Morgan fingerprint density at radius 3 is 2.42 bits per heavy atom. The number of hydrogen-bond donors (Lipinski definition) is 2. The fourth-order valence-electron chi connectivity index (χ4n) is 2.82. The van der Waals surface area contributed by atoms with Gasteiger partial charge in [-0.25, -0.2) is 4.79 Å². The van der Waals surface area contributed by atoms with Crippen molar-refractivity contribution in [2.45, 2.75) is 13.5 Å². The van der Waals surface area contributed by atoms with Crippen molar-refractivity contribution in [2.24, 2.45) is 0 Å². The SMILES string of the molecule is CC(=O)C=C(O)c1cn(Cc2ccc(C(=O)O)cc2)c2ccc(Cl)cc12. The van der Waals surface area contributed by atoms with Crippen LogP contribution in [-0.2, 0) is 11.3 Å². The lowest BCUT2D eigenvalue weighted by molar-refractivity contribution is -0.112. The number of carbonyl (C=O) groups is 2. The maximum absolute atomic E-state index is 11.3. The third-order valence-corrected chi connectivity index (χ3v) is 4.25. The highest BCUT2D eigenvalue weighted by molar-refractivity contribution is 6.31. The summed E-state index contributed by atoms with van der Waals surface area (Å²) in [5.41, 5.74) is 2.49. The van der Waals surface area contributed by atoms with Crippen molar-refractivity contribution >= 4 is 40.0 Å². The molecule has 0 bridgehead atoms. The third-order valence-electron chi connectivity index (χ3n) is 4.01. The van der Waals surface area contributed by atoms with E-state index in [1.54, 1.807) is 42.6 Å². The number of nitrogens with zero attached hydrogens (tertiary/aromatic N) is 1. The van der Waals surface area contributed by atoms with E-state index in [0.29, 0.717) is 17.1 Å². The van der Waals surface area contributed by atoms with E-state index in [2.05, 4.69) is 0 Å². The quantitative estimate of drug-likeness (QED) is 0.511. The lowest BCUT2D eigenvalue weighted by Crippen LogP contribution is -2.00. The van der Waals surface area contributed by atoms with Crippen LogP contribution in [0, 0.1) is 0 Å². The first-order valence-corrected chi connectivity index (χ1v) is 8.25. The van der Waals surface area contributed by atoms with Crippen LogP contribution in [0.3, 0.4) is 0 Å². The van der Waals surface area contributed by atoms with Crippen LogP contribution < -0.4 is 0 Å². The summed E-state index contributed by atoms with van der Waals surface area (Å²) in [6.07, 6.45) is 2.92. The molecule has 0 unspecified atom stereocenters. The largest absolute Gasteiger partial charge is 0.507 e. The summed E-state index contributed by atoms with van der Waals surface area (Å²) in [6.45, 7) is 1.85. The second-order valence-electron chi connectivity index (χ2n) is 5.97. The van der Waals surface area contributed by atoms with Crippen LogP contribution in [0.2, 0.25) is 5.02 Å². The summed E-state index contributed by atoms with van der Waals surface area (Å²) in [5.74, 6) is -1.35. The van der Waals surface area contributed by atoms with Crippen LogP contribution in [0.5, 0.6) is 0 Å². The van der Waals surface area contributed by atoms with Crippen LogP contribution in [0.1, 0.15) is 28.4 Å². The van der Waals surface area contributed by atoms with Crippen molar-refractivity contribution < 1.29 is 19.8 Å². The fraction of sp³-hybridized carbons (Fsp3) is 0.100. The van der Waals surface area contributed by atoms with Gasteiger partial charge in [0.05, 0.1) is 5.56 Å². The molecule has 132 valence electrons. The molecule has 26 heavy (non-hydrogen) atoms. The monoisotopic (exact) mass is 369 g/mol. The first-order chi connectivity index (χ1) is 12.3. The van der Waals surface area contributed by atoms with Gasteiger partial charge >= 0.3 is 5.97 Å². The van der Waals surface area contributed by atoms with E-state index in [-0.39, 0.29) is 17.1 Å². The number of ketones is 1. The molecule has 3 rings (SSSR count). The number of aliphatic hydroxyl groups excluding tert-OH is 1. The molecule has 1 heterocycles. The topological polar surface area (TPSA) is 79.5 Å². The Labute approximate surface area is 154 Å². The number of fused-ring (bicyclic) bond motifs is 1. The maximum Gasteiger partial charge on any atom is 0.335 e. The van der Waals surface area contributed by atoms with Gasteiger partial charge in [0.1, 0.15) is 5.76 Å². The van der Waals surface area contributed by atoms with Crippen LogP contribution in [0.4, 0.5) is 0 Å². The van der Waals surface area contributed by atoms with Gasteiger partial charge < -0.3 is 14.8 Å². The van der Waals surface area contributed by atoms with E-state index < -0.39 is 5.97 Å². The van der Waals surface area contributed by atoms with Crippen molar-refractivity contribution in [2.75, 3.05) is 0 Å². The van der Waals surface area contributed by atoms with Crippen molar-refractivity contribution in [1.29, 1.82) is 0 Å². The molecule has 0 aliphatic rings. The zero-order valence-corrected chi connectivity index (χ0v) is 14.7. The summed E-state index contributed by atoms with van der Waals surface area (Å²) in [5, 5.41) is 20.5. The molecule has 0 fully saturated rings. The standard InChI is InChI=1S/C20H16ClNO4/c1-12(23)8-19(24)17-11-22(18-7-6-15(21)9-16(17)18)10-13-2-4-14(5-3-13)20(25)26/h2-9,11,24H,10H2,1H3,(H,25,26). The molecule has 1 aromatic heterocycles. The molecule has 0 saturated heterocycles. The molecule has 0 aliphatic carbocycles. The Balaban J connectivity index is 2.06. The third kappa shape index (κ3) is 3.63. The predicted molar refractivity (Wildman–Crippen MR) is 101 cm³/mol. The lowest BCUT2D eigenvalue weighted by Gasteiger charge is -2.06. The van der Waals surface area contributed by atoms with Crippen LogP contribution in [-0.4, -0.2) is 26.5 Å². The minimum atomic E-state index is -0.973. The molecule has 0 saturated carbocycles.